The Morgan fingerprint density at radius 1 is 1.33 bits per heavy atom. The van der Waals surface area contributed by atoms with Crippen LogP contribution in [-0.4, -0.2) is 12.6 Å². The molecule has 2 N–H and O–H groups in total. The van der Waals surface area contributed by atoms with Crippen LogP contribution in [-0.2, 0) is 0 Å². The quantitative estimate of drug-likeness (QED) is 0.429. The first kappa shape index (κ1) is 10.9. The van der Waals surface area contributed by atoms with Gasteiger partial charge in [0.15, 0.2) is 6.80 Å². The molecule has 0 saturated carbocycles. The fourth-order valence-electron chi connectivity index (χ4n) is 0.765. The Balaban J connectivity index is 0.00000121. The van der Waals surface area contributed by atoms with Crippen molar-refractivity contribution < 1.29 is 4.39 Å². The van der Waals surface area contributed by atoms with Gasteiger partial charge >= 0.3 is 0 Å². The molecule has 0 heterocycles. The number of nitrogens with two attached hydrogens (primary N) is 1. The molecule has 0 aliphatic carbocycles. The molecule has 0 saturated heterocycles. The van der Waals surface area contributed by atoms with Crippen LogP contribution in [0.1, 0.15) is 5.56 Å². The lowest BCUT2D eigenvalue weighted by atomic mass is 10.2. The van der Waals surface area contributed by atoms with E-state index < -0.39 is 6.80 Å². The zero-order valence-electron chi connectivity index (χ0n) is 6.40. The highest BCUT2D eigenvalue weighted by atomic mass is 35.5. The normalized spacial score (nSPS) is 10.6. The molecule has 0 aliphatic rings. The van der Waals surface area contributed by atoms with Gasteiger partial charge in [0.1, 0.15) is 5.84 Å². The minimum atomic E-state index is -0.763. The lowest BCUT2D eigenvalue weighted by molar-refractivity contribution is 0.512. The van der Waals surface area contributed by atoms with Crippen molar-refractivity contribution in [3.63, 3.8) is 0 Å². The van der Waals surface area contributed by atoms with E-state index in [1.165, 1.54) is 0 Å². The molecule has 0 spiro atoms. The number of rotatable bonds is 2. The average Bonchev–Trinajstić information content (AvgIpc) is 2.07. The summed E-state index contributed by atoms with van der Waals surface area (Å²) in [6, 6.07) is 9.10. The van der Waals surface area contributed by atoms with Gasteiger partial charge in [-0.25, -0.2) is 9.38 Å². The van der Waals surface area contributed by atoms with Gasteiger partial charge in [0, 0.05) is 5.56 Å². The van der Waals surface area contributed by atoms with E-state index in [2.05, 4.69) is 4.99 Å². The molecule has 2 nitrogen and oxygen atoms in total. The van der Waals surface area contributed by atoms with Gasteiger partial charge in [-0.15, -0.1) is 12.4 Å². The maximum Gasteiger partial charge on any atom is 0.181 e. The monoisotopic (exact) mass is 188 g/mol. The second kappa shape index (κ2) is 5.55. The van der Waals surface area contributed by atoms with Crippen LogP contribution in [0.2, 0.25) is 0 Å². The number of amidine groups is 1. The van der Waals surface area contributed by atoms with Crippen molar-refractivity contribution in [2.24, 2.45) is 10.7 Å². The van der Waals surface area contributed by atoms with Crippen molar-refractivity contribution in [1.29, 1.82) is 0 Å². The minimum absolute atomic E-state index is 0. The van der Waals surface area contributed by atoms with Gasteiger partial charge in [0.25, 0.3) is 0 Å². The number of hydrogen-bond donors (Lipinski definition) is 1. The Labute approximate surface area is 76.7 Å². The Kier molecular flexibility index (Phi) is 5.04. The molecule has 1 rings (SSSR count). The summed E-state index contributed by atoms with van der Waals surface area (Å²) in [5.74, 6) is 0.244. The fraction of sp³-hybridized carbons (Fsp3) is 0.125. The third-order valence-electron chi connectivity index (χ3n) is 1.30. The third-order valence-corrected chi connectivity index (χ3v) is 1.30. The molecule has 1 aromatic rings. The van der Waals surface area contributed by atoms with Crippen LogP contribution in [0.25, 0.3) is 0 Å². The first-order chi connectivity index (χ1) is 5.34. The number of halogens is 2. The van der Waals surface area contributed by atoms with Crippen molar-refractivity contribution >= 4 is 18.2 Å². The topological polar surface area (TPSA) is 38.4 Å². The van der Waals surface area contributed by atoms with E-state index >= 15 is 0 Å². The molecule has 12 heavy (non-hydrogen) atoms. The molecule has 1 aromatic carbocycles. The number of hydrogen-bond acceptors (Lipinski definition) is 1. The van der Waals surface area contributed by atoms with E-state index in [-0.39, 0.29) is 18.2 Å². The molecule has 0 bridgehead atoms. The first-order valence-electron chi connectivity index (χ1n) is 3.26. The van der Waals surface area contributed by atoms with Gasteiger partial charge in [0.2, 0.25) is 0 Å². The summed E-state index contributed by atoms with van der Waals surface area (Å²) < 4.78 is 11.7. The molecule has 66 valence electrons. The van der Waals surface area contributed by atoms with Crippen LogP contribution in [0.5, 0.6) is 0 Å². The van der Waals surface area contributed by atoms with Crippen molar-refractivity contribution in [1.82, 2.24) is 0 Å². The zero-order chi connectivity index (χ0) is 8.10. The predicted octanol–water partition coefficient (Wildman–Crippen LogP) is 1.74. The van der Waals surface area contributed by atoms with E-state index in [9.17, 15) is 4.39 Å². The highest BCUT2D eigenvalue weighted by Crippen LogP contribution is 1.97. The smallest absolute Gasteiger partial charge is 0.181 e. The van der Waals surface area contributed by atoms with Crippen LogP contribution in [0.15, 0.2) is 35.3 Å². The van der Waals surface area contributed by atoms with Crippen molar-refractivity contribution in [3.8, 4) is 0 Å². The second-order valence-electron chi connectivity index (χ2n) is 2.03. The Morgan fingerprint density at radius 3 is 2.42 bits per heavy atom. The van der Waals surface area contributed by atoms with Crippen molar-refractivity contribution in [3.05, 3.63) is 35.9 Å². The lowest BCUT2D eigenvalue weighted by Crippen LogP contribution is -2.12. The molecule has 0 atom stereocenters. The molecule has 0 radical (unpaired) electrons. The number of benzene rings is 1. The minimum Gasteiger partial charge on any atom is -0.383 e. The molecule has 0 amide bonds. The molecular weight excluding hydrogens is 179 g/mol. The summed E-state index contributed by atoms with van der Waals surface area (Å²) in [5, 5.41) is 0. The predicted molar refractivity (Wildman–Crippen MR) is 50.4 cm³/mol. The van der Waals surface area contributed by atoms with Crippen molar-refractivity contribution in [2.45, 2.75) is 0 Å². The van der Waals surface area contributed by atoms with Crippen LogP contribution in [0, 0.1) is 0 Å². The third kappa shape index (κ3) is 2.88. The fourth-order valence-corrected chi connectivity index (χ4v) is 0.765. The van der Waals surface area contributed by atoms with Crippen LogP contribution in [0.3, 0.4) is 0 Å². The van der Waals surface area contributed by atoms with Gasteiger partial charge in [-0.1, -0.05) is 30.3 Å². The Morgan fingerprint density at radius 2 is 1.92 bits per heavy atom. The average molecular weight is 189 g/mol. The molecule has 0 aliphatic heterocycles. The highest BCUT2D eigenvalue weighted by Gasteiger charge is 1.93. The standard InChI is InChI=1S/C8H9FN2.ClH/c9-6-11-8(10)7-4-2-1-3-5-7;/h1-5H,6H2,(H2,10,11);1H. The Hall–Kier alpha value is -1.09. The SMILES string of the molecule is Cl.NC(=NCF)c1ccccc1. The molecule has 4 heteroatoms. The molecule has 0 fully saturated rings. The first-order valence-corrected chi connectivity index (χ1v) is 3.26. The van der Waals surface area contributed by atoms with Gasteiger partial charge in [0.05, 0.1) is 0 Å². The van der Waals surface area contributed by atoms with Crippen LogP contribution >= 0.6 is 12.4 Å². The number of alkyl halides is 1. The van der Waals surface area contributed by atoms with Gasteiger partial charge in [-0.2, -0.15) is 0 Å². The van der Waals surface area contributed by atoms with E-state index in [0.717, 1.165) is 5.56 Å². The second-order valence-corrected chi connectivity index (χ2v) is 2.03. The Bertz CT molecular complexity index is 248. The van der Waals surface area contributed by atoms with E-state index in [1.807, 2.05) is 18.2 Å². The summed E-state index contributed by atoms with van der Waals surface area (Å²) in [6.07, 6.45) is 0. The number of nitrogens with zero attached hydrogens (tertiary/aromatic N) is 1. The molecular formula is C8H10ClFN2. The van der Waals surface area contributed by atoms with Crippen LogP contribution in [0.4, 0.5) is 4.39 Å². The summed E-state index contributed by atoms with van der Waals surface area (Å²) in [5.41, 5.74) is 6.17. The van der Waals surface area contributed by atoms with Crippen LogP contribution < -0.4 is 5.73 Å². The zero-order valence-corrected chi connectivity index (χ0v) is 7.22. The largest absolute Gasteiger partial charge is 0.383 e. The summed E-state index contributed by atoms with van der Waals surface area (Å²) in [4.78, 5) is 3.42. The number of aliphatic imine (C=N–C) groups is 1. The summed E-state index contributed by atoms with van der Waals surface area (Å²) in [6.45, 7) is -0.763. The van der Waals surface area contributed by atoms with Gasteiger partial charge in [-0.05, 0) is 0 Å². The van der Waals surface area contributed by atoms with E-state index in [0.29, 0.717) is 0 Å². The molecule has 0 unspecified atom stereocenters. The van der Waals surface area contributed by atoms with E-state index in [4.69, 9.17) is 5.73 Å². The van der Waals surface area contributed by atoms with Gasteiger partial charge in [-0.3, -0.25) is 0 Å². The van der Waals surface area contributed by atoms with E-state index in [1.54, 1.807) is 12.1 Å². The molecule has 0 aromatic heterocycles. The van der Waals surface area contributed by atoms with Crippen molar-refractivity contribution in [2.75, 3.05) is 6.80 Å². The lowest BCUT2D eigenvalue weighted by Gasteiger charge is -1.96. The summed E-state index contributed by atoms with van der Waals surface area (Å²) >= 11 is 0. The van der Waals surface area contributed by atoms with Gasteiger partial charge < -0.3 is 5.73 Å². The highest BCUT2D eigenvalue weighted by molar-refractivity contribution is 5.97. The summed E-state index contributed by atoms with van der Waals surface area (Å²) in [7, 11) is 0. The maximum atomic E-state index is 11.7. The maximum absolute atomic E-state index is 11.7.